The van der Waals surface area contributed by atoms with Crippen LogP contribution in [0.3, 0.4) is 0 Å². The topological polar surface area (TPSA) is 3.24 Å². The Morgan fingerprint density at radius 2 is 1.65 bits per heavy atom. The molecule has 0 amide bonds. The van der Waals surface area contributed by atoms with Crippen molar-refractivity contribution in [2.75, 3.05) is 13.1 Å². The summed E-state index contributed by atoms with van der Waals surface area (Å²) in [5.41, 5.74) is 1.67. The standard InChI is InChI=1S/C16H25NS.C8H18/c1-13-8-10-17(11-9-13)18-15-7-5-6-14(12-15)16(2,3)4;1-4-6-8(3)7-5-2/h5-7,12-13H,8-11H2,1-4H3;8H,4-7H2,1-3H3. The molecular formula is C24H43NS. The van der Waals surface area contributed by atoms with Crippen LogP contribution in [0.15, 0.2) is 29.2 Å². The minimum atomic E-state index is 0.243. The van der Waals surface area contributed by atoms with E-state index in [1.54, 1.807) is 0 Å². The van der Waals surface area contributed by atoms with Crippen molar-refractivity contribution in [1.82, 2.24) is 4.31 Å². The zero-order valence-electron chi connectivity index (χ0n) is 18.5. The molecule has 1 saturated heterocycles. The Bertz CT molecular complexity index is 477. The van der Waals surface area contributed by atoms with Gasteiger partial charge in [0.2, 0.25) is 0 Å². The van der Waals surface area contributed by atoms with Crippen LogP contribution in [0.4, 0.5) is 0 Å². The Morgan fingerprint density at radius 1 is 1.08 bits per heavy atom. The van der Waals surface area contributed by atoms with Gasteiger partial charge in [-0.1, -0.05) is 86.3 Å². The maximum atomic E-state index is 2.52. The van der Waals surface area contributed by atoms with Gasteiger partial charge in [-0.15, -0.1) is 0 Å². The van der Waals surface area contributed by atoms with Gasteiger partial charge in [0, 0.05) is 18.0 Å². The predicted molar refractivity (Wildman–Crippen MR) is 120 cm³/mol. The predicted octanol–water partition coefficient (Wildman–Crippen LogP) is 7.95. The summed E-state index contributed by atoms with van der Waals surface area (Å²) in [4.78, 5) is 1.39. The average molecular weight is 378 g/mol. The molecular weight excluding hydrogens is 334 g/mol. The van der Waals surface area contributed by atoms with Gasteiger partial charge < -0.3 is 0 Å². The molecule has 1 aromatic rings. The summed E-state index contributed by atoms with van der Waals surface area (Å²) in [6.45, 7) is 18.5. The summed E-state index contributed by atoms with van der Waals surface area (Å²) in [6, 6.07) is 9.01. The molecule has 0 unspecified atom stereocenters. The monoisotopic (exact) mass is 377 g/mol. The van der Waals surface area contributed by atoms with Gasteiger partial charge in [-0.25, -0.2) is 4.31 Å². The molecule has 0 atom stereocenters. The molecule has 1 heterocycles. The third kappa shape index (κ3) is 9.46. The molecule has 0 spiro atoms. The van der Waals surface area contributed by atoms with Crippen molar-refractivity contribution < 1.29 is 0 Å². The molecule has 0 aromatic heterocycles. The highest BCUT2D eigenvalue weighted by Crippen LogP contribution is 2.31. The van der Waals surface area contributed by atoms with Gasteiger partial charge in [0.25, 0.3) is 0 Å². The van der Waals surface area contributed by atoms with E-state index in [4.69, 9.17) is 0 Å². The molecule has 1 aliphatic rings. The molecule has 0 bridgehead atoms. The molecule has 1 aromatic carbocycles. The van der Waals surface area contributed by atoms with Gasteiger partial charge in [0.15, 0.2) is 0 Å². The first-order valence-electron chi connectivity index (χ1n) is 10.8. The van der Waals surface area contributed by atoms with Crippen molar-refractivity contribution in [2.24, 2.45) is 11.8 Å². The van der Waals surface area contributed by atoms with Crippen molar-refractivity contribution in [3.05, 3.63) is 29.8 Å². The molecule has 1 nitrogen and oxygen atoms in total. The van der Waals surface area contributed by atoms with Crippen LogP contribution in [-0.4, -0.2) is 17.4 Å². The van der Waals surface area contributed by atoms with Gasteiger partial charge in [-0.3, -0.25) is 0 Å². The fourth-order valence-corrected chi connectivity index (χ4v) is 4.39. The second-order valence-corrected chi connectivity index (χ2v) is 10.3. The maximum Gasteiger partial charge on any atom is 0.0233 e. The normalized spacial score (nSPS) is 16.5. The first-order valence-corrected chi connectivity index (χ1v) is 11.6. The van der Waals surface area contributed by atoms with Crippen LogP contribution in [0.25, 0.3) is 0 Å². The Balaban J connectivity index is 0.000000359. The Labute approximate surface area is 168 Å². The fraction of sp³-hybridized carbons (Fsp3) is 0.750. The van der Waals surface area contributed by atoms with Gasteiger partial charge >= 0.3 is 0 Å². The summed E-state index contributed by atoms with van der Waals surface area (Å²) >= 11 is 1.93. The summed E-state index contributed by atoms with van der Waals surface area (Å²) in [6.07, 6.45) is 8.20. The first kappa shape index (κ1) is 23.6. The van der Waals surface area contributed by atoms with Gasteiger partial charge in [-0.05, 0) is 59.7 Å². The van der Waals surface area contributed by atoms with E-state index < -0.39 is 0 Å². The summed E-state index contributed by atoms with van der Waals surface area (Å²) in [5, 5.41) is 0. The molecule has 150 valence electrons. The van der Waals surface area contributed by atoms with E-state index in [9.17, 15) is 0 Å². The zero-order chi connectivity index (χ0) is 19.6. The van der Waals surface area contributed by atoms with E-state index in [0.29, 0.717) is 0 Å². The van der Waals surface area contributed by atoms with Crippen LogP contribution in [0, 0.1) is 11.8 Å². The number of piperidine rings is 1. The smallest absolute Gasteiger partial charge is 0.0233 e. The van der Waals surface area contributed by atoms with E-state index in [0.717, 1.165) is 11.8 Å². The van der Waals surface area contributed by atoms with Crippen LogP contribution < -0.4 is 0 Å². The largest absolute Gasteiger partial charge is 0.246 e. The second kappa shape index (κ2) is 12.1. The minimum absolute atomic E-state index is 0.243. The molecule has 0 N–H and O–H groups in total. The van der Waals surface area contributed by atoms with E-state index in [1.165, 1.54) is 62.1 Å². The Morgan fingerprint density at radius 3 is 2.15 bits per heavy atom. The highest BCUT2D eigenvalue weighted by molar-refractivity contribution is 7.97. The third-order valence-electron chi connectivity index (χ3n) is 5.24. The highest BCUT2D eigenvalue weighted by Gasteiger charge is 2.18. The Kier molecular flexibility index (Phi) is 11.0. The van der Waals surface area contributed by atoms with Crippen LogP contribution in [0.5, 0.6) is 0 Å². The van der Waals surface area contributed by atoms with Crippen molar-refractivity contribution in [3.8, 4) is 0 Å². The lowest BCUT2D eigenvalue weighted by Gasteiger charge is -2.29. The average Bonchev–Trinajstić information content (AvgIpc) is 2.58. The fourth-order valence-electron chi connectivity index (χ4n) is 3.37. The zero-order valence-corrected chi connectivity index (χ0v) is 19.3. The van der Waals surface area contributed by atoms with E-state index >= 15 is 0 Å². The minimum Gasteiger partial charge on any atom is -0.246 e. The first-order chi connectivity index (χ1) is 12.3. The molecule has 0 saturated carbocycles. The Hall–Kier alpha value is -0.470. The number of hydrogen-bond acceptors (Lipinski definition) is 2. The van der Waals surface area contributed by atoms with Gasteiger partial charge in [0.1, 0.15) is 0 Å². The number of benzene rings is 1. The van der Waals surface area contributed by atoms with Gasteiger partial charge in [-0.2, -0.15) is 0 Å². The molecule has 1 fully saturated rings. The molecule has 0 aliphatic carbocycles. The number of hydrogen-bond donors (Lipinski definition) is 0. The van der Waals surface area contributed by atoms with Crippen LogP contribution in [0.1, 0.15) is 92.6 Å². The van der Waals surface area contributed by atoms with Crippen molar-refractivity contribution in [1.29, 1.82) is 0 Å². The van der Waals surface area contributed by atoms with E-state index in [-0.39, 0.29) is 5.41 Å². The van der Waals surface area contributed by atoms with Crippen LogP contribution >= 0.6 is 11.9 Å². The molecule has 2 heteroatoms. The van der Waals surface area contributed by atoms with Crippen LogP contribution in [0.2, 0.25) is 0 Å². The maximum absolute atomic E-state index is 2.52. The second-order valence-electron chi connectivity index (χ2n) is 9.16. The van der Waals surface area contributed by atoms with Crippen molar-refractivity contribution >= 4 is 11.9 Å². The quantitative estimate of drug-likeness (QED) is 0.463. The molecule has 26 heavy (non-hydrogen) atoms. The van der Waals surface area contributed by atoms with Crippen LogP contribution in [-0.2, 0) is 5.41 Å². The van der Waals surface area contributed by atoms with Gasteiger partial charge in [0.05, 0.1) is 0 Å². The molecule has 1 aliphatic heterocycles. The summed E-state index contributed by atoms with van der Waals surface area (Å²) in [5.74, 6) is 1.87. The summed E-state index contributed by atoms with van der Waals surface area (Å²) < 4.78 is 2.52. The number of nitrogens with zero attached hydrogens (tertiary/aromatic N) is 1. The third-order valence-corrected chi connectivity index (χ3v) is 6.33. The lowest BCUT2D eigenvalue weighted by Crippen LogP contribution is -2.27. The van der Waals surface area contributed by atoms with Crippen molar-refractivity contribution in [2.45, 2.75) is 97.3 Å². The number of rotatable bonds is 6. The SMILES string of the molecule is CC1CCN(Sc2cccc(C(C)(C)C)c2)CC1.CCCC(C)CCC. The van der Waals surface area contributed by atoms with E-state index in [1.807, 2.05) is 11.9 Å². The molecule has 0 radical (unpaired) electrons. The molecule has 2 rings (SSSR count). The summed E-state index contributed by atoms with van der Waals surface area (Å²) in [7, 11) is 0. The van der Waals surface area contributed by atoms with Crippen molar-refractivity contribution in [3.63, 3.8) is 0 Å². The van der Waals surface area contributed by atoms with E-state index in [2.05, 4.69) is 77.0 Å². The lowest BCUT2D eigenvalue weighted by molar-refractivity contribution is 0.308. The highest BCUT2D eigenvalue weighted by atomic mass is 32.2. The lowest BCUT2D eigenvalue weighted by atomic mass is 9.87.